The lowest BCUT2D eigenvalue weighted by Gasteiger charge is -2.02. The largest absolute Gasteiger partial charge is 0.269 e. The van der Waals surface area contributed by atoms with Crippen LogP contribution in [0.5, 0.6) is 0 Å². The minimum absolute atomic E-state index is 0.741. The Morgan fingerprint density at radius 3 is 3.12 bits per heavy atom. The molecule has 2 nitrogen and oxygen atoms in total. The predicted octanol–water partition coefficient (Wildman–Crippen LogP) is 2.86. The van der Waals surface area contributed by atoms with Crippen molar-refractivity contribution in [1.29, 1.82) is 0 Å². The van der Waals surface area contributed by atoms with Gasteiger partial charge in [0.25, 0.3) is 0 Å². The number of H-pyrrole nitrogens is 1. The zero-order valence-electron chi connectivity index (χ0n) is 9.79. The van der Waals surface area contributed by atoms with Gasteiger partial charge in [0.2, 0.25) is 0 Å². The van der Waals surface area contributed by atoms with E-state index in [-0.39, 0.29) is 0 Å². The van der Waals surface area contributed by atoms with Crippen LogP contribution in [0.4, 0.5) is 0 Å². The zero-order valence-corrected chi connectivity index (χ0v) is 9.79. The number of hydrogen-bond acceptors (Lipinski definition) is 1. The van der Waals surface area contributed by atoms with Crippen molar-refractivity contribution in [2.24, 2.45) is 11.8 Å². The van der Waals surface area contributed by atoms with E-state index in [9.17, 15) is 0 Å². The van der Waals surface area contributed by atoms with Crippen LogP contribution < -0.4 is 0 Å². The smallest absolute Gasteiger partial charge is 0.111 e. The summed E-state index contributed by atoms with van der Waals surface area (Å²) < 4.78 is 0. The lowest BCUT2D eigenvalue weighted by atomic mass is 10.0. The lowest BCUT2D eigenvalue weighted by Crippen LogP contribution is -1.94. The summed E-state index contributed by atoms with van der Waals surface area (Å²) in [5, 5.41) is 7.39. The standard InChI is InChI=1S/C14H18N2/c1-3-5-6-7-9-10-8-11-12(4-2)15-16-14(11)13(9)10/h2,9-10,13H,3,5-8H2,1H3,(H,15,16)/t9-,10+,13-/m1/s1. The first kappa shape index (κ1) is 9.96. The highest BCUT2D eigenvalue weighted by Gasteiger charge is 2.56. The monoisotopic (exact) mass is 214 g/mol. The highest BCUT2D eigenvalue weighted by atomic mass is 15.1. The molecule has 2 heteroatoms. The Hall–Kier alpha value is -1.23. The molecule has 1 heterocycles. The van der Waals surface area contributed by atoms with Crippen molar-refractivity contribution in [3.8, 4) is 12.3 Å². The number of rotatable bonds is 4. The fourth-order valence-electron chi connectivity index (χ4n) is 3.37. The van der Waals surface area contributed by atoms with Crippen molar-refractivity contribution < 1.29 is 0 Å². The normalized spacial score (nSPS) is 29.6. The Morgan fingerprint density at radius 2 is 2.38 bits per heavy atom. The number of nitrogens with one attached hydrogen (secondary N) is 1. The molecule has 3 atom stereocenters. The summed E-state index contributed by atoms with van der Waals surface area (Å²) >= 11 is 0. The van der Waals surface area contributed by atoms with Gasteiger partial charge in [-0.1, -0.05) is 32.1 Å². The van der Waals surface area contributed by atoms with Crippen molar-refractivity contribution in [3.05, 3.63) is 17.0 Å². The molecule has 1 saturated carbocycles. The summed E-state index contributed by atoms with van der Waals surface area (Å²) in [6, 6.07) is 0. The van der Waals surface area contributed by atoms with Gasteiger partial charge in [0, 0.05) is 11.5 Å². The summed E-state index contributed by atoms with van der Waals surface area (Å²) in [6.07, 6.45) is 12.1. The number of hydrogen-bond donors (Lipinski definition) is 1. The topological polar surface area (TPSA) is 28.7 Å². The van der Waals surface area contributed by atoms with Gasteiger partial charge in [0.05, 0.1) is 5.69 Å². The van der Waals surface area contributed by atoms with Crippen molar-refractivity contribution in [2.45, 2.75) is 44.9 Å². The van der Waals surface area contributed by atoms with Crippen molar-refractivity contribution in [2.75, 3.05) is 0 Å². The summed E-state index contributed by atoms with van der Waals surface area (Å²) in [7, 11) is 0. The third kappa shape index (κ3) is 1.31. The van der Waals surface area contributed by atoms with Crippen molar-refractivity contribution in [1.82, 2.24) is 10.2 Å². The maximum atomic E-state index is 5.44. The zero-order chi connectivity index (χ0) is 11.1. The Kier molecular flexibility index (Phi) is 2.28. The number of terminal acetylenes is 1. The Morgan fingerprint density at radius 1 is 1.50 bits per heavy atom. The second-order valence-electron chi connectivity index (χ2n) is 5.16. The molecule has 0 aliphatic heterocycles. The Labute approximate surface area is 96.8 Å². The molecule has 0 spiro atoms. The highest BCUT2D eigenvalue weighted by Crippen LogP contribution is 2.63. The van der Waals surface area contributed by atoms with Crippen LogP contribution in [-0.2, 0) is 6.42 Å². The molecule has 0 aromatic carbocycles. The van der Waals surface area contributed by atoms with E-state index in [0.29, 0.717) is 0 Å². The number of unbranched alkanes of at least 4 members (excludes halogenated alkanes) is 2. The summed E-state index contributed by atoms with van der Waals surface area (Å²) in [6.45, 7) is 2.26. The van der Waals surface area contributed by atoms with Crippen LogP contribution in [0.25, 0.3) is 0 Å². The van der Waals surface area contributed by atoms with Crippen LogP contribution in [0.1, 0.15) is 55.5 Å². The molecular weight excluding hydrogens is 196 g/mol. The Balaban J connectivity index is 1.67. The van der Waals surface area contributed by atoms with Crippen LogP contribution >= 0.6 is 0 Å². The first-order chi connectivity index (χ1) is 7.86. The second kappa shape index (κ2) is 3.66. The van der Waals surface area contributed by atoms with Gasteiger partial charge < -0.3 is 0 Å². The molecule has 3 rings (SSSR count). The maximum Gasteiger partial charge on any atom is 0.111 e. The van der Waals surface area contributed by atoms with E-state index in [0.717, 1.165) is 23.4 Å². The van der Waals surface area contributed by atoms with Crippen LogP contribution in [0.15, 0.2) is 0 Å². The summed E-state index contributed by atoms with van der Waals surface area (Å²) in [4.78, 5) is 0. The van der Waals surface area contributed by atoms with Crippen molar-refractivity contribution >= 4 is 0 Å². The molecule has 1 aromatic rings. The molecule has 1 fully saturated rings. The average Bonchev–Trinajstić information content (AvgIpc) is 2.68. The van der Waals surface area contributed by atoms with Gasteiger partial charge in [-0.2, -0.15) is 5.10 Å². The summed E-state index contributed by atoms with van der Waals surface area (Å²) in [5.41, 5.74) is 3.55. The van der Waals surface area contributed by atoms with Gasteiger partial charge in [-0.3, -0.25) is 5.10 Å². The third-order valence-corrected chi connectivity index (χ3v) is 4.27. The molecule has 1 aromatic heterocycles. The Bertz CT molecular complexity index is 438. The molecule has 84 valence electrons. The fourth-order valence-corrected chi connectivity index (χ4v) is 3.37. The quantitative estimate of drug-likeness (QED) is 0.606. The predicted molar refractivity (Wildman–Crippen MR) is 64.1 cm³/mol. The minimum atomic E-state index is 0.741. The molecule has 2 aliphatic carbocycles. The maximum absolute atomic E-state index is 5.44. The van der Waals surface area contributed by atoms with E-state index >= 15 is 0 Å². The van der Waals surface area contributed by atoms with Crippen LogP contribution in [0.2, 0.25) is 0 Å². The van der Waals surface area contributed by atoms with Gasteiger partial charge in [-0.25, -0.2) is 0 Å². The van der Waals surface area contributed by atoms with Crippen molar-refractivity contribution in [3.63, 3.8) is 0 Å². The molecule has 0 unspecified atom stereocenters. The van der Waals surface area contributed by atoms with E-state index in [1.165, 1.54) is 43.4 Å². The SMILES string of the molecule is C#Cc1[nH]nc2c1C[C@H]1[C@@H](CCCCC)[C@@H]21. The summed E-state index contributed by atoms with van der Waals surface area (Å²) in [5.74, 6) is 5.22. The number of nitrogens with zero attached hydrogens (tertiary/aromatic N) is 1. The van der Waals surface area contributed by atoms with Crippen LogP contribution in [0, 0.1) is 24.2 Å². The van der Waals surface area contributed by atoms with E-state index in [1.807, 2.05) is 0 Å². The van der Waals surface area contributed by atoms with E-state index in [2.05, 4.69) is 23.0 Å². The van der Waals surface area contributed by atoms with Crippen LogP contribution in [0.3, 0.4) is 0 Å². The molecule has 1 N–H and O–H groups in total. The fraction of sp³-hybridized carbons (Fsp3) is 0.643. The number of aromatic amines is 1. The second-order valence-corrected chi connectivity index (χ2v) is 5.16. The van der Waals surface area contributed by atoms with E-state index in [1.54, 1.807) is 0 Å². The van der Waals surface area contributed by atoms with Gasteiger partial charge >= 0.3 is 0 Å². The molecule has 0 bridgehead atoms. The molecule has 2 aliphatic rings. The number of aromatic nitrogens is 2. The molecule has 0 radical (unpaired) electrons. The third-order valence-electron chi connectivity index (χ3n) is 4.27. The van der Waals surface area contributed by atoms with Gasteiger partial charge in [-0.05, 0) is 24.7 Å². The molecule has 0 amide bonds. The lowest BCUT2D eigenvalue weighted by molar-refractivity contribution is 0.571. The molecule has 0 saturated heterocycles. The van der Waals surface area contributed by atoms with Gasteiger partial charge in [0.15, 0.2) is 0 Å². The van der Waals surface area contributed by atoms with Crippen LogP contribution in [-0.4, -0.2) is 10.2 Å². The van der Waals surface area contributed by atoms with E-state index < -0.39 is 0 Å². The van der Waals surface area contributed by atoms with Gasteiger partial charge in [0.1, 0.15) is 5.69 Å². The van der Waals surface area contributed by atoms with Gasteiger partial charge in [-0.15, -0.1) is 6.42 Å². The van der Waals surface area contributed by atoms with E-state index in [4.69, 9.17) is 6.42 Å². The first-order valence-electron chi connectivity index (χ1n) is 6.40. The average molecular weight is 214 g/mol. The molecular formula is C14H18N2. The highest BCUT2D eigenvalue weighted by molar-refractivity contribution is 5.46. The first-order valence-corrected chi connectivity index (χ1v) is 6.40. The minimum Gasteiger partial charge on any atom is -0.269 e. The number of fused-ring (bicyclic) bond motifs is 3. The molecule has 16 heavy (non-hydrogen) atoms.